The minimum absolute atomic E-state index is 0.0155. The molecule has 2 N–H and O–H groups in total. The third kappa shape index (κ3) is 87.4. The highest BCUT2D eigenvalue weighted by Gasteiger charge is 2.21. The van der Waals surface area contributed by atoms with Crippen LogP contribution in [0.3, 0.4) is 0 Å². The van der Waals surface area contributed by atoms with Gasteiger partial charge >= 0.3 is 23.9 Å². The Labute approximate surface area is 758 Å². The van der Waals surface area contributed by atoms with Crippen LogP contribution < -0.4 is 10.6 Å². The van der Waals surface area contributed by atoms with E-state index in [1.54, 1.807) is 0 Å². The fourth-order valence-corrected chi connectivity index (χ4v) is 17.6. The molecule has 0 aromatic heterocycles. The summed E-state index contributed by atoms with van der Waals surface area (Å²) < 4.78 is 24.7. The van der Waals surface area contributed by atoms with E-state index in [0.29, 0.717) is 38.8 Å². The number of ether oxygens (including phenoxy) is 4. The van der Waals surface area contributed by atoms with Gasteiger partial charge in [0.1, 0.15) is 24.4 Å². The van der Waals surface area contributed by atoms with Gasteiger partial charge in [0.05, 0.1) is 0 Å². The van der Waals surface area contributed by atoms with Gasteiger partial charge in [-0.1, -0.05) is 389 Å². The van der Waals surface area contributed by atoms with Crippen LogP contribution in [0, 0.1) is 0 Å². The van der Waals surface area contributed by atoms with Gasteiger partial charge < -0.3 is 39.4 Å². The highest BCUT2D eigenvalue weighted by molar-refractivity contribution is 5.83. The maximum atomic E-state index is 13.4. The van der Waals surface area contributed by atoms with Crippen LogP contribution >= 0.6 is 0 Å². The number of rotatable bonds is 101. The third-order valence-electron chi connectivity index (χ3n) is 25.7. The predicted octanol–water partition coefficient (Wildman–Crippen LogP) is 31.6. The van der Waals surface area contributed by atoms with Gasteiger partial charge in [0.2, 0.25) is 11.8 Å². The van der Waals surface area contributed by atoms with Gasteiger partial charge in [0.25, 0.3) is 0 Å². The highest BCUT2D eigenvalue weighted by Crippen LogP contribution is 2.25. The molecule has 0 radical (unpaired) electrons. The van der Waals surface area contributed by atoms with Crippen LogP contribution in [0.15, 0.2) is 0 Å². The van der Waals surface area contributed by atoms with Crippen molar-refractivity contribution in [1.29, 1.82) is 0 Å². The van der Waals surface area contributed by atoms with E-state index in [1.807, 2.05) is 0 Å². The second-order valence-electron chi connectivity index (χ2n) is 37.9. The van der Waals surface area contributed by atoms with Gasteiger partial charge in [0, 0.05) is 64.7 Å². The Kier molecular flexibility index (Phi) is 94.2. The Balaban J connectivity index is 5.79. The molecule has 0 heterocycles. The Hall–Kier alpha value is -3.26. The lowest BCUT2D eigenvalue weighted by atomic mass is 10.0. The molecule has 14 nitrogen and oxygen atoms in total. The first-order chi connectivity index (χ1) is 59.9. The van der Waals surface area contributed by atoms with Crippen molar-refractivity contribution in [3.05, 3.63) is 0 Å². The molecule has 0 atom stereocenters. The fraction of sp³-hybridized carbons (Fsp3) is 0.944. The molecule has 122 heavy (non-hydrogen) atoms. The van der Waals surface area contributed by atoms with Crippen molar-refractivity contribution in [3.8, 4) is 0 Å². The Morgan fingerprint density at radius 1 is 0.180 bits per heavy atom. The minimum Gasteiger partial charge on any atom is -0.462 e. The Bertz CT molecular complexity index is 1880. The molecule has 0 rings (SSSR count). The summed E-state index contributed by atoms with van der Waals surface area (Å²) in [6.45, 7) is 24.5. The summed E-state index contributed by atoms with van der Waals surface area (Å²) in [6, 6.07) is 0. The predicted molar refractivity (Wildman–Crippen MR) is 522 cm³/mol. The number of carbonyl (C=O) groups excluding carboxylic acids is 6. The maximum Gasteiger partial charge on any atom is 0.306 e. The second kappa shape index (κ2) is 96.8. The molecule has 0 saturated heterocycles. The van der Waals surface area contributed by atoms with E-state index in [-0.39, 0.29) is 72.9 Å². The van der Waals surface area contributed by atoms with Crippen molar-refractivity contribution >= 4 is 35.7 Å². The summed E-state index contributed by atoms with van der Waals surface area (Å²) in [7, 11) is 0. The lowest BCUT2D eigenvalue weighted by Gasteiger charge is -2.23. The number of nitrogens with zero attached hydrogens (tertiary/aromatic N) is 2. The number of unbranched alkanes of at least 4 members (excludes halogenated alkanes) is 56. The van der Waals surface area contributed by atoms with Gasteiger partial charge in [-0.25, -0.2) is 0 Å². The first-order valence-corrected chi connectivity index (χ1v) is 54.6. The summed E-state index contributed by atoms with van der Waals surface area (Å²) in [4.78, 5) is 84.7. The van der Waals surface area contributed by atoms with Crippen LogP contribution in [-0.4, -0.2) is 122 Å². The maximum absolute atomic E-state index is 13.4. The van der Waals surface area contributed by atoms with E-state index in [4.69, 9.17) is 18.9 Å². The summed E-state index contributed by atoms with van der Waals surface area (Å²) in [5.74, 6) is -0.243. The molecule has 0 fully saturated rings. The SMILES string of the molecule is CCCCCCCCC(CCCCCCCC)OC(=O)CCCCCCCN(CCCCCCCC(=O)OC(CCCCCCCC)CCCCCCCC)CCNC(=O)CCC(=O)NCCN(CCCCCCCC(=O)OC(CCCCCCCC)CCCCCCCC)CCCCCCCC(=O)OC(CCCCCCCC)CCCCCCCC. The Morgan fingerprint density at radius 3 is 0.500 bits per heavy atom. The molecule has 0 spiro atoms. The molecule has 0 saturated carbocycles. The minimum atomic E-state index is -0.0905. The van der Waals surface area contributed by atoms with E-state index < -0.39 is 0 Å². The zero-order valence-corrected chi connectivity index (χ0v) is 82.9. The Morgan fingerprint density at radius 2 is 0.328 bits per heavy atom. The highest BCUT2D eigenvalue weighted by atomic mass is 16.6. The molecule has 0 bridgehead atoms. The zero-order valence-electron chi connectivity index (χ0n) is 82.9. The molecule has 0 aliphatic rings. The van der Waals surface area contributed by atoms with Gasteiger partial charge in [-0.3, -0.25) is 28.8 Å². The summed E-state index contributed by atoms with van der Waals surface area (Å²) >= 11 is 0. The van der Waals surface area contributed by atoms with Gasteiger partial charge in [-0.2, -0.15) is 0 Å². The molecule has 14 heteroatoms. The fourth-order valence-electron chi connectivity index (χ4n) is 17.6. The van der Waals surface area contributed by atoms with Crippen LogP contribution in [0.4, 0.5) is 0 Å². The lowest BCUT2D eigenvalue weighted by molar-refractivity contribution is -0.151. The number of hydrogen-bond donors (Lipinski definition) is 2. The zero-order chi connectivity index (χ0) is 88.8. The molecule has 0 aromatic rings. The monoisotopic (exact) mass is 1720 g/mol. The quantitative estimate of drug-likeness (QED) is 0.0336. The molecule has 0 unspecified atom stereocenters. The van der Waals surface area contributed by atoms with E-state index in [9.17, 15) is 28.8 Å². The average Bonchev–Trinajstić information content (AvgIpc) is 0.980. The second-order valence-corrected chi connectivity index (χ2v) is 37.9. The van der Waals surface area contributed by atoms with Crippen molar-refractivity contribution in [3.63, 3.8) is 0 Å². The van der Waals surface area contributed by atoms with Crippen molar-refractivity contribution in [1.82, 2.24) is 20.4 Å². The first kappa shape index (κ1) is 119. The molecule has 722 valence electrons. The van der Waals surface area contributed by atoms with Crippen LogP contribution in [0.25, 0.3) is 0 Å². The van der Waals surface area contributed by atoms with E-state index in [0.717, 1.165) is 270 Å². The smallest absolute Gasteiger partial charge is 0.306 e. The topological polar surface area (TPSA) is 170 Å². The van der Waals surface area contributed by atoms with E-state index in [2.05, 4.69) is 75.8 Å². The van der Waals surface area contributed by atoms with Gasteiger partial charge in [-0.15, -0.1) is 0 Å². The molecule has 0 aliphatic carbocycles. The molecule has 0 aliphatic heterocycles. The van der Waals surface area contributed by atoms with Gasteiger partial charge in [0.15, 0.2) is 0 Å². The summed E-state index contributed by atoms with van der Waals surface area (Å²) in [6.07, 6.45) is 91.2. The van der Waals surface area contributed by atoms with E-state index >= 15 is 0 Å². The molecule has 2 amide bonds. The number of hydrogen-bond acceptors (Lipinski definition) is 12. The third-order valence-corrected chi connectivity index (χ3v) is 25.7. The van der Waals surface area contributed by atoms with Crippen molar-refractivity contribution in [2.45, 2.75) is 606 Å². The number of carbonyl (C=O) groups is 6. The summed E-state index contributed by atoms with van der Waals surface area (Å²) in [5, 5.41) is 6.34. The lowest BCUT2D eigenvalue weighted by Crippen LogP contribution is -2.37. The molecule has 0 aromatic carbocycles. The molecular formula is C108H210N4O10. The molecular weight excluding hydrogens is 1510 g/mol. The van der Waals surface area contributed by atoms with Crippen LogP contribution in [0.5, 0.6) is 0 Å². The first-order valence-electron chi connectivity index (χ1n) is 54.6. The van der Waals surface area contributed by atoms with Crippen LogP contribution in [-0.2, 0) is 47.7 Å². The number of nitrogens with one attached hydrogen (secondary N) is 2. The van der Waals surface area contributed by atoms with Crippen LogP contribution in [0.2, 0.25) is 0 Å². The largest absolute Gasteiger partial charge is 0.462 e. The number of amides is 2. The van der Waals surface area contributed by atoms with Crippen LogP contribution in [0.1, 0.15) is 582 Å². The summed E-state index contributed by atoms with van der Waals surface area (Å²) in [5.41, 5.74) is 0. The van der Waals surface area contributed by atoms with E-state index in [1.165, 1.54) is 257 Å². The van der Waals surface area contributed by atoms with Crippen molar-refractivity contribution in [2.75, 3.05) is 52.4 Å². The number of esters is 4. The average molecular weight is 1720 g/mol. The van der Waals surface area contributed by atoms with Gasteiger partial charge in [-0.05, 0) is 180 Å². The van der Waals surface area contributed by atoms with Crippen molar-refractivity contribution in [2.24, 2.45) is 0 Å². The standard InChI is InChI=1S/C108H210N4O10/c1-9-17-25-33-45-61-77-99(78-62-46-34-26-18-10-2)119-105(115)85-69-53-41-57-73-93-111(94-74-58-42-54-70-86-106(116)120-100(79-63-47-35-27-19-11-3)80-64-48-36-28-20-12-4)97-91-109-103(113)89-90-104(114)110-92-98-112(95-75-59-43-55-71-87-107(117)121-101(81-65-49-37-29-21-13-5)82-66-50-38-30-22-14-6)96-76-60-44-56-72-88-108(118)122-102(83-67-51-39-31-23-15-7)84-68-52-40-32-24-16-8/h99-102H,9-98H2,1-8H3,(H,109,113)(H,110,114). The normalized spacial score (nSPS) is 11.8. The van der Waals surface area contributed by atoms with Crippen molar-refractivity contribution < 1.29 is 47.7 Å².